The Morgan fingerprint density at radius 3 is 2.25 bits per heavy atom. The molecule has 0 bridgehead atoms. The smallest absolute Gasteiger partial charge is 0.0261 e. The minimum Gasteiger partial charge on any atom is -0.312 e. The highest BCUT2D eigenvalue weighted by Crippen LogP contribution is 2.14. The zero-order chi connectivity index (χ0) is 12.0. The topological polar surface area (TPSA) is 12.0 Å². The van der Waals surface area contributed by atoms with Crippen molar-refractivity contribution in [1.29, 1.82) is 0 Å². The lowest BCUT2D eigenvalue weighted by atomic mass is 10.0. The van der Waals surface area contributed by atoms with Crippen LogP contribution >= 0.6 is 11.6 Å². The Morgan fingerprint density at radius 1 is 1.12 bits per heavy atom. The molecule has 0 aliphatic heterocycles. The second kappa shape index (κ2) is 6.93. The predicted molar refractivity (Wildman–Crippen MR) is 72.1 cm³/mol. The number of hydrogen-bond donors (Lipinski definition) is 1. The standard InChI is InChI=1S/C14H22ClN/c1-11(2)14-6-4-13(5-7-14)10-16-9-12(3)8-15/h4-7,11-12,16H,8-10H2,1-3H3. The van der Waals surface area contributed by atoms with E-state index in [9.17, 15) is 0 Å². The van der Waals surface area contributed by atoms with Gasteiger partial charge in [0.2, 0.25) is 0 Å². The molecule has 1 aromatic carbocycles. The van der Waals surface area contributed by atoms with Crippen LogP contribution in [0.4, 0.5) is 0 Å². The first-order valence-electron chi connectivity index (χ1n) is 5.99. The van der Waals surface area contributed by atoms with Crippen LogP contribution in [0.5, 0.6) is 0 Å². The van der Waals surface area contributed by atoms with Crippen LogP contribution in [0.2, 0.25) is 0 Å². The molecule has 1 nitrogen and oxygen atoms in total. The summed E-state index contributed by atoms with van der Waals surface area (Å²) in [7, 11) is 0. The summed E-state index contributed by atoms with van der Waals surface area (Å²) in [5, 5.41) is 3.42. The van der Waals surface area contributed by atoms with E-state index in [-0.39, 0.29) is 0 Å². The van der Waals surface area contributed by atoms with Gasteiger partial charge in [0, 0.05) is 12.4 Å². The van der Waals surface area contributed by atoms with Crippen LogP contribution in [0, 0.1) is 5.92 Å². The first kappa shape index (κ1) is 13.5. The summed E-state index contributed by atoms with van der Waals surface area (Å²) >= 11 is 5.75. The number of halogens is 1. The fourth-order valence-corrected chi connectivity index (χ4v) is 1.65. The summed E-state index contributed by atoms with van der Waals surface area (Å²) in [4.78, 5) is 0. The van der Waals surface area contributed by atoms with Crippen LogP contribution < -0.4 is 5.32 Å². The molecule has 1 rings (SSSR count). The van der Waals surface area contributed by atoms with Crippen molar-refractivity contribution in [3.05, 3.63) is 35.4 Å². The Bertz CT molecular complexity index is 292. The minimum absolute atomic E-state index is 0.539. The quantitative estimate of drug-likeness (QED) is 0.746. The summed E-state index contributed by atoms with van der Waals surface area (Å²) in [5.74, 6) is 1.87. The number of nitrogens with one attached hydrogen (secondary N) is 1. The molecule has 0 amide bonds. The number of rotatable bonds is 6. The Labute approximate surface area is 104 Å². The van der Waals surface area contributed by atoms with Crippen molar-refractivity contribution in [3.8, 4) is 0 Å². The largest absolute Gasteiger partial charge is 0.312 e. The van der Waals surface area contributed by atoms with Crippen molar-refractivity contribution in [1.82, 2.24) is 5.32 Å². The highest BCUT2D eigenvalue weighted by Gasteiger charge is 2.00. The molecule has 0 aliphatic rings. The molecular formula is C14H22ClN. The molecule has 0 aliphatic carbocycles. The van der Waals surface area contributed by atoms with Gasteiger partial charge in [-0.3, -0.25) is 0 Å². The molecule has 0 aromatic heterocycles. The van der Waals surface area contributed by atoms with E-state index in [1.807, 2.05) is 0 Å². The zero-order valence-electron chi connectivity index (χ0n) is 10.5. The number of benzene rings is 1. The van der Waals surface area contributed by atoms with Crippen molar-refractivity contribution in [2.24, 2.45) is 5.92 Å². The van der Waals surface area contributed by atoms with Gasteiger partial charge >= 0.3 is 0 Å². The molecule has 0 fully saturated rings. The molecule has 0 heterocycles. The van der Waals surface area contributed by atoms with Crippen LogP contribution in [-0.4, -0.2) is 12.4 Å². The lowest BCUT2D eigenvalue weighted by Gasteiger charge is -2.10. The van der Waals surface area contributed by atoms with Crippen molar-refractivity contribution < 1.29 is 0 Å². The third-order valence-electron chi connectivity index (χ3n) is 2.73. The van der Waals surface area contributed by atoms with Gasteiger partial charge in [0.05, 0.1) is 0 Å². The Kier molecular flexibility index (Phi) is 5.86. The average Bonchev–Trinajstić information content (AvgIpc) is 2.29. The summed E-state index contributed by atoms with van der Waals surface area (Å²) in [6.07, 6.45) is 0. The van der Waals surface area contributed by atoms with Crippen LogP contribution in [0.25, 0.3) is 0 Å². The first-order chi connectivity index (χ1) is 7.63. The van der Waals surface area contributed by atoms with Gasteiger partial charge in [0.15, 0.2) is 0 Å². The highest BCUT2D eigenvalue weighted by molar-refractivity contribution is 6.18. The third-order valence-corrected chi connectivity index (χ3v) is 3.26. The molecule has 1 unspecified atom stereocenters. The van der Waals surface area contributed by atoms with Gasteiger partial charge < -0.3 is 5.32 Å². The van der Waals surface area contributed by atoms with Gasteiger partial charge in [0.1, 0.15) is 0 Å². The first-order valence-corrected chi connectivity index (χ1v) is 6.52. The molecule has 1 aromatic rings. The van der Waals surface area contributed by atoms with Gasteiger partial charge in [-0.2, -0.15) is 0 Å². The van der Waals surface area contributed by atoms with Gasteiger partial charge in [-0.05, 0) is 29.5 Å². The van der Waals surface area contributed by atoms with Gasteiger partial charge in [-0.15, -0.1) is 11.6 Å². The van der Waals surface area contributed by atoms with E-state index >= 15 is 0 Å². The van der Waals surface area contributed by atoms with Crippen molar-refractivity contribution in [2.75, 3.05) is 12.4 Å². The maximum atomic E-state index is 5.75. The molecule has 90 valence electrons. The molecule has 0 spiro atoms. The molecular weight excluding hydrogens is 218 g/mol. The maximum Gasteiger partial charge on any atom is 0.0261 e. The van der Waals surface area contributed by atoms with Gasteiger partial charge in [-0.1, -0.05) is 45.0 Å². The van der Waals surface area contributed by atoms with Crippen LogP contribution in [0.1, 0.15) is 37.8 Å². The Balaban J connectivity index is 2.38. The highest BCUT2D eigenvalue weighted by atomic mass is 35.5. The molecule has 0 radical (unpaired) electrons. The Morgan fingerprint density at radius 2 is 1.75 bits per heavy atom. The second-order valence-electron chi connectivity index (χ2n) is 4.79. The molecule has 16 heavy (non-hydrogen) atoms. The summed E-state index contributed by atoms with van der Waals surface area (Å²) in [5.41, 5.74) is 2.74. The molecule has 1 N–H and O–H groups in total. The molecule has 1 atom stereocenters. The molecule has 2 heteroatoms. The molecule has 0 saturated heterocycles. The normalized spacial score (nSPS) is 13.1. The molecule has 0 saturated carbocycles. The lowest BCUT2D eigenvalue weighted by Crippen LogP contribution is -2.21. The minimum atomic E-state index is 0.539. The maximum absolute atomic E-state index is 5.75. The monoisotopic (exact) mass is 239 g/mol. The number of alkyl halides is 1. The summed E-state index contributed by atoms with van der Waals surface area (Å²) in [6.45, 7) is 8.50. The van der Waals surface area contributed by atoms with E-state index < -0.39 is 0 Å². The third kappa shape index (κ3) is 4.54. The van der Waals surface area contributed by atoms with E-state index in [2.05, 4.69) is 50.4 Å². The van der Waals surface area contributed by atoms with Crippen molar-refractivity contribution in [3.63, 3.8) is 0 Å². The fraction of sp³-hybridized carbons (Fsp3) is 0.571. The van der Waals surface area contributed by atoms with Crippen LogP contribution in [0.15, 0.2) is 24.3 Å². The lowest BCUT2D eigenvalue weighted by molar-refractivity contribution is 0.557. The van der Waals surface area contributed by atoms with Gasteiger partial charge in [0.25, 0.3) is 0 Å². The van der Waals surface area contributed by atoms with Gasteiger partial charge in [-0.25, -0.2) is 0 Å². The SMILES string of the molecule is CC(CCl)CNCc1ccc(C(C)C)cc1. The zero-order valence-corrected chi connectivity index (χ0v) is 11.2. The van der Waals surface area contributed by atoms with Crippen LogP contribution in [-0.2, 0) is 6.54 Å². The average molecular weight is 240 g/mol. The predicted octanol–water partition coefficient (Wildman–Crippen LogP) is 3.77. The number of hydrogen-bond acceptors (Lipinski definition) is 1. The van der Waals surface area contributed by atoms with E-state index in [1.165, 1.54) is 11.1 Å². The van der Waals surface area contributed by atoms with E-state index in [1.54, 1.807) is 0 Å². The fourth-order valence-electron chi connectivity index (χ4n) is 1.54. The second-order valence-corrected chi connectivity index (χ2v) is 5.10. The Hall–Kier alpha value is -0.530. The van der Waals surface area contributed by atoms with Crippen molar-refractivity contribution >= 4 is 11.6 Å². The van der Waals surface area contributed by atoms with E-state index in [0.29, 0.717) is 11.8 Å². The summed E-state index contributed by atoms with van der Waals surface area (Å²) < 4.78 is 0. The van der Waals surface area contributed by atoms with Crippen molar-refractivity contribution in [2.45, 2.75) is 33.2 Å². The van der Waals surface area contributed by atoms with Crippen LogP contribution in [0.3, 0.4) is 0 Å². The van der Waals surface area contributed by atoms with E-state index in [0.717, 1.165) is 19.0 Å². The van der Waals surface area contributed by atoms with E-state index in [4.69, 9.17) is 11.6 Å². The summed E-state index contributed by atoms with van der Waals surface area (Å²) in [6, 6.07) is 8.83.